The Bertz CT molecular complexity index is 515. The van der Waals surface area contributed by atoms with Crippen LogP contribution in [0.3, 0.4) is 0 Å². The van der Waals surface area contributed by atoms with Crippen molar-refractivity contribution in [3.63, 3.8) is 0 Å². The van der Waals surface area contributed by atoms with Crippen LogP contribution in [0.2, 0.25) is 0 Å². The number of aliphatic imine (C=N–C) groups is 1. The lowest BCUT2D eigenvalue weighted by atomic mass is 10.1. The summed E-state index contributed by atoms with van der Waals surface area (Å²) in [6, 6.07) is 8.29. The molecule has 0 spiro atoms. The lowest BCUT2D eigenvalue weighted by Gasteiger charge is -2.22. The van der Waals surface area contributed by atoms with Gasteiger partial charge in [-0.1, -0.05) is 24.3 Å². The highest BCUT2D eigenvalue weighted by atomic mass is 16.5. The Morgan fingerprint density at radius 3 is 2.71 bits per heavy atom. The second-order valence-corrected chi connectivity index (χ2v) is 6.31. The molecule has 0 saturated heterocycles. The Kier molecular flexibility index (Phi) is 8.05. The second-order valence-electron chi connectivity index (χ2n) is 6.31. The van der Waals surface area contributed by atoms with Gasteiger partial charge in [0.25, 0.3) is 0 Å². The molecule has 0 atom stereocenters. The van der Waals surface area contributed by atoms with Gasteiger partial charge in [0.15, 0.2) is 5.96 Å². The molecule has 1 saturated carbocycles. The Labute approximate surface area is 146 Å². The number of hydrogen-bond donors (Lipinski definition) is 1. The molecule has 0 amide bonds. The summed E-state index contributed by atoms with van der Waals surface area (Å²) in [4.78, 5) is 6.91. The first-order valence-electron chi connectivity index (χ1n) is 8.87. The van der Waals surface area contributed by atoms with E-state index >= 15 is 0 Å². The van der Waals surface area contributed by atoms with Crippen LogP contribution in [-0.4, -0.2) is 51.3 Å². The minimum Gasteiger partial charge on any atom is -0.380 e. The molecule has 5 nitrogen and oxygen atoms in total. The number of guanidine groups is 1. The minimum atomic E-state index is 0.618. The van der Waals surface area contributed by atoms with Crippen LogP contribution in [0.25, 0.3) is 0 Å². The number of ether oxygens (including phenoxy) is 2. The third-order valence-electron chi connectivity index (χ3n) is 4.14. The van der Waals surface area contributed by atoms with Crippen LogP contribution in [0.4, 0.5) is 0 Å². The quantitative estimate of drug-likeness (QED) is 0.406. The highest BCUT2D eigenvalue weighted by Gasteiger charge is 2.21. The van der Waals surface area contributed by atoms with Gasteiger partial charge in [0.2, 0.25) is 0 Å². The van der Waals surface area contributed by atoms with Crippen LogP contribution in [0.5, 0.6) is 0 Å². The van der Waals surface area contributed by atoms with E-state index in [1.54, 1.807) is 7.11 Å². The Hall–Kier alpha value is -1.59. The summed E-state index contributed by atoms with van der Waals surface area (Å²) in [5.41, 5.74) is 2.39. The number of hydrogen-bond acceptors (Lipinski definition) is 3. The number of nitrogens with zero attached hydrogens (tertiary/aromatic N) is 2. The molecular formula is C19H31N3O2. The van der Waals surface area contributed by atoms with E-state index in [0.717, 1.165) is 38.2 Å². The highest BCUT2D eigenvalue weighted by molar-refractivity contribution is 5.79. The van der Waals surface area contributed by atoms with Gasteiger partial charge in [0, 0.05) is 33.9 Å². The van der Waals surface area contributed by atoms with Crippen LogP contribution in [0.15, 0.2) is 29.3 Å². The van der Waals surface area contributed by atoms with Gasteiger partial charge < -0.3 is 19.7 Å². The molecule has 1 aliphatic rings. The van der Waals surface area contributed by atoms with Crippen molar-refractivity contribution in [1.82, 2.24) is 10.2 Å². The van der Waals surface area contributed by atoms with Crippen molar-refractivity contribution in [2.45, 2.75) is 32.9 Å². The molecule has 0 aliphatic heterocycles. The van der Waals surface area contributed by atoms with Crippen LogP contribution in [0, 0.1) is 5.92 Å². The third-order valence-corrected chi connectivity index (χ3v) is 4.14. The number of rotatable bonds is 10. The van der Waals surface area contributed by atoms with Crippen molar-refractivity contribution in [3.8, 4) is 0 Å². The first-order valence-corrected chi connectivity index (χ1v) is 8.87. The fourth-order valence-corrected chi connectivity index (χ4v) is 2.48. The van der Waals surface area contributed by atoms with E-state index in [9.17, 15) is 0 Å². The molecule has 2 rings (SSSR count). The lowest BCUT2D eigenvalue weighted by Crippen LogP contribution is -2.40. The monoisotopic (exact) mass is 333 g/mol. The summed E-state index contributed by atoms with van der Waals surface area (Å²) in [6.07, 6.45) is 2.67. The molecule has 1 aromatic rings. The smallest absolute Gasteiger partial charge is 0.194 e. The average Bonchev–Trinajstić information content (AvgIpc) is 3.41. The number of nitrogens with one attached hydrogen (secondary N) is 1. The summed E-state index contributed by atoms with van der Waals surface area (Å²) >= 11 is 0. The predicted molar refractivity (Wildman–Crippen MR) is 98.1 cm³/mol. The van der Waals surface area contributed by atoms with E-state index in [1.165, 1.54) is 24.0 Å². The minimum absolute atomic E-state index is 0.618. The van der Waals surface area contributed by atoms with Crippen molar-refractivity contribution in [1.29, 1.82) is 0 Å². The second kappa shape index (κ2) is 10.3. The van der Waals surface area contributed by atoms with E-state index in [0.29, 0.717) is 13.2 Å². The largest absolute Gasteiger partial charge is 0.380 e. The maximum absolute atomic E-state index is 5.73. The molecule has 24 heavy (non-hydrogen) atoms. The molecule has 5 heteroatoms. The van der Waals surface area contributed by atoms with Gasteiger partial charge in [-0.3, -0.25) is 0 Å². The van der Waals surface area contributed by atoms with Crippen molar-refractivity contribution >= 4 is 5.96 Å². The summed E-state index contributed by atoms with van der Waals surface area (Å²) in [5, 5.41) is 3.36. The normalized spacial score (nSPS) is 14.7. The zero-order valence-corrected chi connectivity index (χ0v) is 15.3. The molecular weight excluding hydrogens is 302 g/mol. The van der Waals surface area contributed by atoms with Gasteiger partial charge in [-0.15, -0.1) is 0 Å². The van der Waals surface area contributed by atoms with E-state index in [1.807, 2.05) is 12.1 Å². The molecule has 1 aromatic carbocycles. The van der Waals surface area contributed by atoms with Crippen molar-refractivity contribution in [2.24, 2.45) is 10.9 Å². The fourth-order valence-electron chi connectivity index (χ4n) is 2.48. The van der Waals surface area contributed by atoms with Crippen molar-refractivity contribution in [2.75, 3.05) is 40.5 Å². The number of likely N-dealkylation sites (N-methyl/N-ethyl adjacent to an activating group) is 1. The Morgan fingerprint density at radius 2 is 2.04 bits per heavy atom. The van der Waals surface area contributed by atoms with Gasteiger partial charge in [0.05, 0.1) is 19.8 Å². The summed E-state index contributed by atoms with van der Waals surface area (Å²) in [6.45, 7) is 6.71. The van der Waals surface area contributed by atoms with Gasteiger partial charge in [-0.25, -0.2) is 4.99 Å². The molecule has 0 unspecified atom stereocenters. The first-order chi connectivity index (χ1) is 11.7. The zero-order chi connectivity index (χ0) is 17.2. The van der Waals surface area contributed by atoms with Crippen molar-refractivity contribution < 1.29 is 9.47 Å². The number of methoxy groups -OCH3 is 1. The van der Waals surface area contributed by atoms with E-state index in [-0.39, 0.29) is 0 Å². The van der Waals surface area contributed by atoms with Crippen molar-refractivity contribution in [3.05, 3.63) is 35.4 Å². The SMILES string of the molecule is CCNC(=NCc1ccccc1COC)N(C)CCOCC1CC1. The van der Waals surface area contributed by atoms with Crippen LogP contribution in [-0.2, 0) is 22.6 Å². The molecule has 0 aromatic heterocycles. The molecule has 1 aliphatic carbocycles. The van der Waals surface area contributed by atoms with E-state index in [4.69, 9.17) is 14.5 Å². The fraction of sp³-hybridized carbons (Fsp3) is 0.632. The topological polar surface area (TPSA) is 46.1 Å². The molecule has 0 bridgehead atoms. The molecule has 0 heterocycles. The highest BCUT2D eigenvalue weighted by Crippen LogP contribution is 2.28. The zero-order valence-electron chi connectivity index (χ0n) is 15.3. The maximum Gasteiger partial charge on any atom is 0.194 e. The Balaban J connectivity index is 1.88. The van der Waals surface area contributed by atoms with Gasteiger partial charge in [-0.2, -0.15) is 0 Å². The molecule has 134 valence electrons. The van der Waals surface area contributed by atoms with Crippen LogP contribution >= 0.6 is 0 Å². The Morgan fingerprint density at radius 1 is 1.29 bits per heavy atom. The molecule has 1 fully saturated rings. The van der Waals surface area contributed by atoms with E-state index < -0.39 is 0 Å². The molecule has 0 radical (unpaired) electrons. The van der Waals surface area contributed by atoms with Crippen LogP contribution in [0.1, 0.15) is 30.9 Å². The van der Waals surface area contributed by atoms with Gasteiger partial charge in [0.1, 0.15) is 0 Å². The lowest BCUT2D eigenvalue weighted by molar-refractivity contribution is 0.115. The predicted octanol–water partition coefficient (Wildman–Crippen LogP) is 2.66. The first kappa shape index (κ1) is 18.7. The molecule has 1 N–H and O–H groups in total. The summed E-state index contributed by atoms with van der Waals surface area (Å²) in [5.74, 6) is 1.73. The number of benzene rings is 1. The standard InChI is InChI=1S/C19H31N3O2/c1-4-20-19(22(2)11-12-24-14-16-9-10-16)21-13-17-7-5-6-8-18(17)15-23-3/h5-8,16H,4,9-15H2,1-3H3,(H,20,21). The summed E-state index contributed by atoms with van der Waals surface area (Å²) in [7, 11) is 3.78. The van der Waals surface area contributed by atoms with E-state index in [2.05, 4.69) is 36.3 Å². The maximum atomic E-state index is 5.73. The summed E-state index contributed by atoms with van der Waals surface area (Å²) < 4.78 is 11.0. The third kappa shape index (κ3) is 6.49. The van der Waals surface area contributed by atoms with Gasteiger partial charge >= 0.3 is 0 Å². The average molecular weight is 333 g/mol. The van der Waals surface area contributed by atoms with Crippen LogP contribution < -0.4 is 5.32 Å². The van der Waals surface area contributed by atoms with Gasteiger partial charge in [-0.05, 0) is 36.8 Å².